The van der Waals surface area contributed by atoms with Crippen LogP contribution in [-0.2, 0) is 0 Å². The van der Waals surface area contributed by atoms with Gasteiger partial charge in [0, 0.05) is 29.4 Å². The summed E-state index contributed by atoms with van der Waals surface area (Å²) >= 11 is 0. The average Bonchev–Trinajstić information content (AvgIpc) is 3.09. The van der Waals surface area contributed by atoms with E-state index in [9.17, 15) is 9.59 Å². The fourth-order valence-electron chi connectivity index (χ4n) is 3.62. The quantitative estimate of drug-likeness (QED) is 0.734. The number of likely N-dealkylation sites (N-methyl/N-ethyl adjacent to an activating group) is 1. The van der Waals surface area contributed by atoms with Crippen molar-refractivity contribution in [1.82, 2.24) is 14.8 Å². The van der Waals surface area contributed by atoms with E-state index in [4.69, 9.17) is 4.74 Å². The summed E-state index contributed by atoms with van der Waals surface area (Å²) in [4.78, 5) is 32.6. The number of aryl methyl sites for hydroxylation is 1. The van der Waals surface area contributed by atoms with Gasteiger partial charge < -0.3 is 14.6 Å². The predicted molar refractivity (Wildman–Crippen MR) is 101 cm³/mol. The molecule has 2 amide bonds. The van der Waals surface area contributed by atoms with Crippen molar-refractivity contribution in [3.05, 3.63) is 41.0 Å². The molecular weight excluding hydrogens is 330 g/mol. The summed E-state index contributed by atoms with van der Waals surface area (Å²) in [6.45, 7) is 2.97. The van der Waals surface area contributed by atoms with Crippen molar-refractivity contribution in [2.75, 3.05) is 34.3 Å². The van der Waals surface area contributed by atoms with Gasteiger partial charge in [-0.25, -0.2) is 0 Å². The third kappa shape index (κ3) is 2.29. The number of carbonyl (C=O) groups is 2. The summed E-state index contributed by atoms with van der Waals surface area (Å²) in [5, 5.41) is 1.70. The number of amides is 2. The smallest absolute Gasteiger partial charge is 0.262 e. The summed E-state index contributed by atoms with van der Waals surface area (Å²) in [5.74, 6) is 0.282. The van der Waals surface area contributed by atoms with Crippen molar-refractivity contribution in [1.29, 1.82) is 0 Å². The van der Waals surface area contributed by atoms with Crippen molar-refractivity contribution >= 4 is 33.6 Å². The lowest BCUT2D eigenvalue weighted by Gasteiger charge is -2.16. The van der Waals surface area contributed by atoms with Gasteiger partial charge >= 0.3 is 0 Å². The first-order valence-corrected chi connectivity index (χ1v) is 8.56. The molecule has 1 aliphatic rings. The molecule has 0 saturated heterocycles. The van der Waals surface area contributed by atoms with Gasteiger partial charge in [-0.15, -0.1) is 0 Å². The van der Waals surface area contributed by atoms with E-state index in [-0.39, 0.29) is 11.8 Å². The molecule has 0 unspecified atom stereocenters. The molecule has 134 valence electrons. The summed E-state index contributed by atoms with van der Waals surface area (Å²) in [5.41, 5.74) is 3.74. The number of benzene rings is 2. The van der Waals surface area contributed by atoms with E-state index < -0.39 is 0 Å². The molecule has 0 aliphatic carbocycles. The molecule has 3 aromatic rings. The van der Waals surface area contributed by atoms with Crippen molar-refractivity contribution in [3.8, 4) is 5.75 Å². The van der Waals surface area contributed by atoms with Gasteiger partial charge in [-0.05, 0) is 50.8 Å². The third-order valence-electron chi connectivity index (χ3n) is 4.99. The molecule has 1 aromatic heterocycles. The molecule has 0 saturated carbocycles. The van der Waals surface area contributed by atoms with Gasteiger partial charge in [0.2, 0.25) is 0 Å². The Bertz CT molecular complexity index is 1070. The largest absolute Gasteiger partial charge is 0.497 e. The highest BCUT2D eigenvalue weighted by atomic mass is 16.5. The second-order valence-electron chi connectivity index (χ2n) is 6.97. The van der Waals surface area contributed by atoms with Crippen LogP contribution in [0.15, 0.2) is 24.3 Å². The van der Waals surface area contributed by atoms with Crippen molar-refractivity contribution in [2.24, 2.45) is 0 Å². The molecule has 0 radical (unpaired) electrons. The first kappa shape index (κ1) is 16.6. The number of imide groups is 1. The topological polar surface area (TPSA) is 65.6 Å². The number of nitrogens with one attached hydrogen (secondary N) is 1. The summed E-state index contributed by atoms with van der Waals surface area (Å²) in [7, 11) is 5.46. The Kier molecular flexibility index (Phi) is 3.73. The van der Waals surface area contributed by atoms with Gasteiger partial charge in [0.05, 0.1) is 23.8 Å². The zero-order valence-corrected chi connectivity index (χ0v) is 15.3. The Balaban J connectivity index is 1.97. The van der Waals surface area contributed by atoms with Crippen LogP contribution in [0, 0.1) is 6.92 Å². The van der Waals surface area contributed by atoms with Crippen LogP contribution in [0.4, 0.5) is 0 Å². The lowest BCUT2D eigenvalue weighted by Crippen LogP contribution is -2.35. The highest BCUT2D eigenvalue weighted by Gasteiger charge is 2.38. The Morgan fingerprint density at radius 3 is 2.62 bits per heavy atom. The number of carbonyl (C=O) groups excluding carboxylic acids is 2. The van der Waals surface area contributed by atoms with Crippen molar-refractivity contribution in [3.63, 3.8) is 0 Å². The number of methoxy groups -OCH3 is 1. The van der Waals surface area contributed by atoms with Gasteiger partial charge in [0.25, 0.3) is 11.8 Å². The normalized spacial score (nSPS) is 14.1. The molecule has 4 rings (SSSR count). The molecule has 1 N–H and O–H groups in total. The molecule has 0 fully saturated rings. The van der Waals surface area contributed by atoms with E-state index in [1.54, 1.807) is 7.11 Å². The second-order valence-corrected chi connectivity index (χ2v) is 6.97. The number of H-pyrrole nitrogens is 1. The average molecular weight is 351 g/mol. The Hall–Kier alpha value is -2.86. The van der Waals surface area contributed by atoms with Crippen LogP contribution in [-0.4, -0.2) is 60.9 Å². The SMILES string of the molecule is COc1ccc2[nH]c3c(C)cc4c(c3c2c1)C(=O)N(CCN(C)C)C4=O. The first-order chi connectivity index (χ1) is 12.4. The summed E-state index contributed by atoms with van der Waals surface area (Å²) in [6.07, 6.45) is 0. The Labute approximate surface area is 151 Å². The van der Waals surface area contributed by atoms with E-state index in [1.165, 1.54) is 4.90 Å². The van der Waals surface area contributed by atoms with Crippen LogP contribution < -0.4 is 4.74 Å². The fraction of sp³-hybridized carbons (Fsp3) is 0.300. The molecule has 0 atom stereocenters. The Morgan fingerprint density at radius 1 is 1.15 bits per heavy atom. The maximum Gasteiger partial charge on any atom is 0.262 e. The van der Waals surface area contributed by atoms with E-state index >= 15 is 0 Å². The molecule has 26 heavy (non-hydrogen) atoms. The number of ether oxygens (including phenoxy) is 1. The molecule has 0 bridgehead atoms. The zero-order chi connectivity index (χ0) is 18.6. The number of hydrogen-bond acceptors (Lipinski definition) is 4. The van der Waals surface area contributed by atoms with E-state index in [2.05, 4.69) is 4.98 Å². The maximum absolute atomic E-state index is 13.1. The second kappa shape index (κ2) is 5.85. The standard InChI is InChI=1S/C20H21N3O3/c1-11-9-14-17(20(25)23(19(14)24)8-7-22(2)3)16-13-10-12(26-4)5-6-15(13)21-18(11)16/h5-6,9-10,21H,7-8H2,1-4H3. The maximum atomic E-state index is 13.1. The third-order valence-corrected chi connectivity index (χ3v) is 4.99. The minimum absolute atomic E-state index is 0.214. The lowest BCUT2D eigenvalue weighted by atomic mass is 9.99. The number of aromatic amines is 1. The van der Waals surface area contributed by atoms with Gasteiger partial charge in [0.15, 0.2) is 0 Å². The first-order valence-electron chi connectivity index (χ1n) is 8.56. The van der Waals surface area contributed by atoms with Crippen LogP contribution in [0.25, 0.3) is 21.8 Å². The van der Waals surface area contributed by atoms with E-state index in [0.717, 1.165) is 33.1 Å². The predicted octanol–water partition coefficient (Wildman–Crippen LogP) is 2.80. The van der Waals surface area contributed by atoms with Crippen LogP contribution in [0.1, 0.15) is 26.3 Å². The van der Waals surface area contributed by atoms with Crippen molar-refractivity contribution in [2.45, 2.75) is 6.92 Å². The molecule has 6 nitrogen and oxygen atoms in total. The summed E-state index contributed by atoms with van der Waals surface area (Å²) in [6, 6.07) is 7.54. The van der Waals surface area contributed by atoms with Gasteiger partial charge in [0.1, 0.15) is 5.75 Å². The van der Waals surface area contributed by atoms with Crippen LogP contribution in [0.2, 0.25) is 0 Å². The highest BCUT2D eigenvalue weighted by Crippen LogP contribution is 2.38. The number of rotatable bonds is 4. The van der Waals surface area contributed by atoms with Crippen molar-refractivity contribution < 1.29 is 14.3 Å². The number of nitrogens with zero attached hydrogens (tertiary/aromatic N) is 2. The molecule has 2 aromatic carbocycles. The van der Waals surface area contributed by atoms with Gasteiger partial charge in [-0.2, -0.15) is 0 Å². The minimum Gasteiger partial charge on any atom is -0.497 e. The van der Waals surface area contributed by atoms with E-state index in [0.29, 0.717) is 24.2 Å². The number of aromatic nitrogens is 1. The van der Waals surface area contributed by atoms with Gasteiger partial charge in [-0.3, -0.25) is 14.5 Å². The monoisotopic (exact) mass is 351 g/mol. The molecular formula is C20H21N3O3. The molecule has 6 heteroatoms. The Morgan fingerprint density at radius 2 is 1.92 bits per heavy atom. The van der Waals surface area contributed by atoms with Gasteiger partial charge in [-0.1, -0.05) is 0 Å². The van der Waals surface area contributed by atoms with Crippen LogP contribution in [0.3, 0.4) is 0 Å². The zero-order valence-electron chi connectivity index (χ0n) is 15.3. The highest BCUT2D eigenvalue weighted by molar-refractivity contribution is 6.30. The molecule has 0 spiro atoms. The fourth-order valence-corrected chi connectivity index (χ4v) is 3.62. The number of hydrogen-bond donors (Lipinski definition) is 1. The number of fused-ring (bicyclic) bond motifs is 5. The molecule has 1 aliphatic heterocycles. The summed E-state index contributed by atoms with van der Waals surface area (Å²) < 4.78 is 5.34. The van der Waals surface area contributed by atoms with Crippen LogP contribution >= 0.6 is 0 Å². The van der Waals surface area contributed by atoms with E-state index in [1.807, 2.05) is 50.2 Å². The lowest BCUT2D eigenvalue weighted by molar-refractivity contribution is 0.0645. The van der Waals surface area contributed by atoms with Crippen LogP contribution in [0.5, 0.6) is 5.75 Å². The minimum atomic E-state index is -0.222. The molecule has 2 heterocycles.